The largest absolute Gasteiger partial charge is 0.494 e. The van der Waals surface area contributed by atoms with Crippen molar-refractivity contribution in [2.45, 2.75) is 20.8 Å². The lowest BCUT2D eigenvalue weighted by Crippen LogP contribution is -1.96. The molecule has 0 atom stereocenters. The van der Waals surface area contributed by atoms with Gasteiger partial charge in [0, 0.05) is 18.7 Å². The third-order valence-corrected chi connectivity index (χ3v) is 4.04. The molecule has 0 aliphatic carbocycles. The third kappa shape index (κ3) is 2.07. The summed E-state index contributed by atoms with van der Waals surface area (Å²) < 4.78 is 7.40. The molecule has 2 heterocycles. The highest BCUT2D eigenvalue weighted by Crippen LogP contribution is 2.34. The van der Waals surface area contributed by atoms with E-state index < -0.39 is 0 Å². The molecule has 1 aromatic carbocycles. The van der Waals surface area contributed by atoms with E-state index in [2.05, 4.69) is 37.1 Å². The summed E-state index contributed by atoms with van der Waals surface area (Å²) in [5.41, 5.74) is 7.30. The number of aromatic nitrogens is 3. The molecule has 0 fully saturated rings. The number of fused-ring (bicyclic) bond motifs is 1. The van der Waals surface area contributed by atoms with Crippen molar-refractivity contribution in [3.63, 3.8) is 0 Å². The first kappa shape index (κ1) is 13.6. The number of nitrogens with zero attached hydrogens (tertiary/aromatic N) is 3. The van der Waals surface area contributed by atoms with Gasteiger partial charge >= 0.3 is 0 Å². The molecular formula is C17H19N3O. The Hall–Kier alpha value is -2.36. The van der Waals surface area contributed by atoms with E-state index in [0.717, 1.165) is 33.7 Å². The molecule has 0 aliphatic rings. The first-order chi connectivity index (χ1) is 10.0. The monoisotopic (exact) mass is 281 g/mol. The molecular weight excluding hydrogens is 262 g/mol. The number of pyridine rings is 1. The van der Waals surface area contributed by atoms with Crippen LogP contribution in [0.25, 0.3) is 22.3 Å². The summed E-state index contributed by atoms with van der Waals surface area (Å²) in [7, 11) is 3.61. The second kappa shape index (κ2) is 4.88. The van der Waals surface area contributed by atoms with E-state index >= 15 is 0 Å². The summed E-state index contributed by atoms with van der Waals surface area (Å²) >= 11 is 0. The number of ether oxygens (including phenoxy) is 1. The maximum absolute atomic E-state index is 5.56. The number of benzene rings is 1. The quantitative estimate of drug-likeness (QED) is 0.721. The molecule has 2 aromatic heterocycles. The number of methoxy groups -OCH3 is 1. The molecule has 0 aliphatic heterocycles. The molecule has 4 heteroatoms. The Balaban J connectivity index is 2.36. The second-order valence-electron chi connectivity index (χ2n) is 5.36. The lowest BCUT2D eigenvalue weighted by atomic mass is 10.00. The van der Waals surface area contributed by atoms with Gasteiger partial charge in [0.2, 0.25) is 0 Å². The molecule has 3 aromatic rings. The smallest absolute Gasteiger partial charge is 0.147 e. The van der Waals surface area contributed by atoms with E-state index in [1.54, 1.807) is 7.11 Å². The van der Waals surface area contributed by atoms with Crippen LogP contribution in [0.2, 0.25) is 0 Å². The molecule has 0 N–H and O–H groups in total. The zero-order valence-corrected chi connectivity index (χ0v) is 13.1. The molecule has 0 amide bonds. The SMILES string of the molecule is COc1cc2c(nc1-c1cccc(C)c1C)c(C)nn2C. The van der Waals surface area contributed by atoms with Crippen molar-refractivity contribution in [2.75, 3.05) is 7.11 Å². The van der Waals surface area contributed by atoms with Crippen LogP contribution in [0.5, 0.6) is 5.75 Å². The van der Waals surface area contributed by atoms with Gasteiger partial charge in [0.25, 0.3) is 0 Å². The van der Waals surface area contributed by atoms with Crippen molar-refractivity contribution in [2.24, 2.45) is 7.05 Å². The van der Waals surface area contributed by atoms with Gasteiger partial charge < -0.3 is 4.74 Å². The highest BCUT2D eigenvalue weighted by molar-refractivity contribution is 5.85. The van der Waals surface area contributed by atoms with Gasteiger partial charge in [0.1, 0.15) is 17.0 Å². The average molecular weight is 281 g/mol. The van der Waals surface area contributed by atoms with Crippen LogP contribution in [-0.4, -0.2) is 21.9 Å². The lowest BCUT2D eigenvalue weighted by Gasteiger charge is -2.12. The Bertz CT molecular complexity index is 834. The molecule has 4 nitrogen and oxygen atoms in total. The molecule has 3 rings (SSSR count). The van der Waals surface area contributed by atoms with Crippen LogP contribution in [0.4, 0.5) is 0 Å². The first-order valence-electron chi connectivity index (χ1n) is 6.98. The summed E-state index contributed by atoms with van der Waals surface area (Å²) in [6.45, 7) is 6.21. The second-order valence-corrected chi connectivity index (χ2v) is 5.36. The predicted molar refractivity (Wildman–Crippen MR) is 84.7 cm³/mol. The maximum Gasteiger partial charge on any atom is 0.147 e. The minimum Gasteiger partial charge on any atom is -0.494 e. The predicted octanol–water partition coefficient (Wildman–Crippen LogP) is 3.57. The van der Waals surface area contributed by atoms with Crippen molar-refractivity contribution in [1.29, 1.82) is 0 Å². The van der Waals surface area contributed by atoms with Crippen molar-refractivity contribution in [1.82, 2.24) is 14.8 Å². The van der Waals surface area contributed by atoms with Crippen molar-refractivity contribution >= 4 is 11.0 Å². The average Bonchev–Trinajstić information content (AvgIpc) is 2.75. The maximum atomic E-state index is 5.56. The summed E-state index contributed by atoms with van der Waals surface area (Å²) in [4.78, 5) is 4.83. The minimum atomic E-state index is 0.777. The van der Waals surface area contributed by atoms with Crippen LogP contribution in [0.1, 0.15) is 16.8 Å². The fourth-order valence-electron chi connectivity index (χ4n) is 2.68. The summed E-state index contributed by atoms with van der Waals surface area (Å²) in [5.74, 6) is 0.777. The van der Waals surface area contributed by atoms with Crippen LogP contribution in [0.3, 0.4) is 0 Å². The van der Waals surface area contributed by atoms with E-state index in [4.69, 9.17) is 9.72 Å². The van der Waals surface area contributed by atoms with E-state index in [0.29, 0.717) is 0 Å². The van der Waals surface area contributed by atoms with Gasteiger partial charge in [0.05, 0.1) is 18.3 Å². The van der Waals surface area contributed by atoms with E-state index in [9.17, 15) is 0 Å². The Morgan fingerprint density at radius 1 is 1.14 bits per heavy atom. The van der Waals surface area contributed by atoms with Gasteiger partial charge in [-0.05, 0) is 31.9 Å². The van der Waals surface area contributed by atoms with Gasteiger partial charge in [-0.1, -0.05) is 18.2 Å². The molecule has 0 spiro atoms. The zero-order chi connectivity index (χ0) is 15.1. The topological polar surface area (TPSA) is 39.9 Å². The van der Waals surface area contributed by atoms with Crippen LogP contribution < -0.4 is 4.74 Å². The Labute approximate surface area is 124 Å². The zero-order valence-electron chi connectivity index (χ0n) is 13.1. The van der Waals surface area contributed by atoms with Gasteiger partial charge in [-0.3, -0.25) is 4.68 Å². The first-order valence-corrected chi connectivity index (χ1v) is 6.98. The van der Waals surface area contributed by atoms with Crippen molar-refractivity contribution < 1.29 is 4.74 Å². The van der Waals surface area contributed by atoms with Gasteiger partial charge in [-0.2, -0.15) is 5.10 Å². The Morgan fingerprint density at radius 3 is 2.62 bits per heavy atom. The van der Waals surface area contributed by atoms with Crippen LogP contribution in [0, 0.1) is 20.8 Å². The molecule has 0 unspecified atom stereocenters. The molecule has 21 heavy (non-hydrogen) atoms. The van der Waals surface area contributed by atoms with Crippen LogP contribution in [0.15, 0.2) is 24.3 Å². The Morgan fingerprint density at radius 2 is 1.90 bits per heavy atom. The van der Waals surface area contributed by atoms with Crippen LogP contribution in [-0.2, 0) is 7.05 Å². The summed E-state index contributed by atoms with van der Waals surface area (Å²) in [6.07, 6.45) is 0. The third-order valence-electron chi connectivity index (χ3n) is 4.04. The standard InChI is InChI=1S/C17H19N3O/c1-10-7-6-8-13(11(10)2)17-15(21-5)9-14-16(18-17)12(3)19-20(14)4/h6-9H,1-5H3. The Kier molecular flexibility index (Phi) is 3.16. The number of hydrogen-bond acceptors (Lipinski definition) is 3. The molecule has 0 saturated carbocycles. The van der Waals surface area contributed by atoms with E-state index in [-0.39, 0.29) is 0 Å². The summed E-state index contributed by atoms with van der Waals surface area (Å²) in [5, 5.41) is 4.44. The fraction of sp³-hybridized carbons (Fsp3) is 0.294. The van der Waals surface area contributed by atoms with Gasteiger partial charge in [0.15, 0.2) is 0 Å². The minimum absolute atomic E-state index is 0.777. The normalized spacial score (nSPS) is 11.1. The lowest BCUT2D eigenvalue weighted by molar-refractivity contribution is 0.415. The molecule has 0 bridgehead atoms. The number of hydrogen-bond donors (Lipinski definition) is 0. The number of aryl methyl sites for hydroxylation is 3. The fourth-order valence-corrected chi connectivity index (χ4v) is 2.68. The molecule has 108 valence electrons. The van der Waals surface area contributed by atoms with Crippen molar-refractivity contribution in [3.8, 4) is 17.0 Å². The van der Waals surface area contributed by atoms with Gasteiger partial charge in [-0.25, -0.2) is 4.98 Å². The molecule has 0 saturated heterocycles. The van der Waals surface area contributed by atoms with Crippen LogP contribution >= 0.6 is 0 Å². The highest BCUT2D eigenvalue weighted by Gasteiger charge is 2.16. The van der Waals surface area contributed by atoms with Gasteiger partial charge in [-0.15, -0.1) is 0 Å². The summed E-state index contributed by atoms with van der Waals surface area (Å²) in [6, 6.07) is 8.27. The highest BCUT2D eigenvalue weighted by atomic mass is 16.5. The number of rotatable bonds is 2. The van der Waals surface area contributed by atoms with E-state index in [1.165, 1.54) is 11.1 Å². The van der Waals surface area contributed by atoms with Crippen molar-refractivity contribution in [3.05, 3.63) is 41.1 Å². The van der Waals surface area contributed by atoms with E-state index in [1.807, 2.05) is 24.7 Å². The molecule has 0 radical (unpaired) electrons.